The van der Waals surface area contributed by atoms with Crippen molar-refractivity contribution in [3.05, 3.63) is 70.9 Å². The lowest BCUT2D eigenvalue weighted by Gasteiger charge is -2.09. The van der Waals surface area contributed by atoms with E-state index in [1.165, 1.54) is 33.3 Å². The van der Waals surface area contributed by atoms with Crippen LogP contribution in [0.4, 0.5) is 0 Å². The third kappa shape index (κ3) is 2.59. The normalized spacial score (nSPS) is 11.2. The van der Waals surface area contributed by atoms with E-state index < -0.39 is 0 Å². The highest BCUT2D eigenvalue weighted by atomic mass is 15.0. The molecule has 3 rings (SSSR count). The smallest absolute Gasteiger partial charge is 0.0491 e. The van der Waals surface area contributed by atoms with Gasteiger partial charge in [-0.3, -0.25) is 0 Å². The van der Waals surface area contributed by atoms with Crippen molar-refractivity contribution < 1.29 is 0 Å². The number of hydrogen-bond donors (Lipinski definition) is 1. The summed E-state index contributed by atoms with van der Waals surface area (Å²) < 4.78 is 2.42. The van der Waals surface area contributed by atoms with Crippen molar-refractivity contribution in [2.24, 2.45) is 5.73 Å². The Labute approximate surface area is 126 Å². The highest BCUT2D eigenvalue weighted by Gasteiger charge is 2.13. The minimum Gasteiger partial charge on any atom is -0.340 e. The highest BCUT2D eigenvalue weighted by Crippen LogP contribution is 2.28. The van der Waals surface area contributed by atoms with Gasteiger partial charge in [0.25, 0.3) is 0 Å². The SMILES string of the molecule is Cc1ccc2c(CCN)c(C)n(Cc3ccccc3)c2c1. The maximum atomic E-state index is 5.80. The molecule has 0 bridgehead atoms. The molecule has 21 heavy (non-hydrogen) atoms. The zero-order chi connectivity index (χ0) is 14.8. The van der Waals surface area contributed by atoms with Crippen molar-refractivity contribution in [2.45, 2.75) is 26.8 Å². The van der Waals surface area contributed by atoms with Crippen LogP contribution >= 0.6 is 0 Å². The minimum atomic E-state index is 0.694. The zero-order valence-corrected chi connectivity index (χ0v) is 12.8. The summed E-state index contributed by atoms with van der Waals surface area (Å²) in [6.07, 6.45) is 0.938. The van der Waals surface area contributed by atoms with E-state index in [4.69, 9.17) is 5.73 Å². The Bertz CT molecular complexity index is 754. The predicted octanol–water partition coefficient (Wildman–Crippen LogP) is 3.81. The van der Waals surface area contributed by atoms with E-state index in [1.54, 1.807) is 0 Å². The average molecular weight is 278 g/mol. The quantitative estimate of drug-likeness (QED) is 0.773. The molecule has 1 aromatic heterocycles. The molecule has 2 N–H and O–H groups in total. The molecule has 0 saturated heterocycles. The van der Waals surface area contributed by atoms with Crippen molar-refractivity contribution in [3.8, 4) is 0 Å². The number of benzene rings is 2. The fourth-order valence-electron chi connectivity index (χ4n) is 3.09. The molecule has 0 spiro atoms. The fourth-order valence-corrected chi connectivity index (χ4v) is 3.09. The standard InChI is InChI=1S/C19H22N2/c1-14-8-9-18-17(10-11-20)15(2)21(19(18)12-14)13-16-6-4-3-5-7-16/h3-9,12H,10-11,13,20H2,1-2H3. The molecule has 1 heterocycles. The molecule has 0 aliphatic carbocycles. The Balaban J connectivity index is 2.16. The maximum absolute atomic E-state index is 5.80. The van der Waals surface area contributed by atoms with Crippen LogP contribution in [0.5, 0.6) is 0 Å². The lowest BCUT2D eigenvalue weighted by molar-refractivity contribution is 0.792. The lowest BCUT2D eigenvalue weighted by atomic mass is 10.1. The van der Waals surface area contributed by atoms with E-state index in [0.29, 0.717) is 6.54 Å². The van der Waals surface area contributed by atoms with Crippen LogP contribution in [0.25, 0.3) is 10.9 Å². The number of nitrogens with zero attached hydrogens (tertiary/aromatic N) is 1. The Hall–Kier alpha value is -2.06. The first-order valence-corrected chi connectivity index (χ1v) is 7.53. The summed E-state index contributed by atoms with van der Waals surface area (Å²) in [6, 6.07) is 17.3. The number of fused-ring (bicyclic) bond motifs is 1. The van der Waals surface area contributed by atoms with Crippen LogP contribution in [0.1, 0.15) is 22.4 Å². The van der Waals surface area contributed by atoms with Crippen LogP contribution in [0, 0.1) is 13.8 Å². The topological polar surface area (TPSA) is 30.9 Å². The van der Waals surface area contributed by atoms with E-state index in [0.717, 1.165) is 13.0 Å². The highest BCUT2D eigenvalue weighted by molar-refractivity contribution is 5.86. The molecular formula is C19H22N2. The molecular weight excluding hydrogens is 256 g/mol. The van der Waals surface area contributed by atoms with Gasteiger partial charge in [0.15, 0.2) is 0 Å². The van der Waals surface area contributed by atoms with Gasteiger partial charge in [-0.05, 0) is 49.6 Å². The minimum absolute atomic E-state index is 0.694. The number of hydrogen-bond acceptors (Lipinski definition) is 1. The van der Waals surface area contributed by atoms with Crippen LogP contribution in [0.2, 0.25) is 0 Å². The molecule has 0 saturated carbocycles. The summed E-state index contributed by atoms with van der Waals surface area (Å²) in [7, 11) is 0. The van der Waals surface area contributed by atoms with Gasteiger partial charge in [-0.2, -0.15) is 0 Å². The summed E-state index contributed by atoms with van der Waals surface area (Å²) >= 11 is 0. The molecule has 0 atom stereocenters. The van der Waals surface area contributed by atoms with E-state index in [2.05, 4.69) is 66.9 Å². The lowest BCUT2D eigenvalue weighted by Crippen LogP contribution is -2.06. The van der Waals surface area contributed by atoms with Gasteiger partial charge < -0.3 is 10.3 Å². The number of aromatic nitrogens is 1. The largest absolute Gasteiger partial charge is 0.340 e. The fraction of sp³-hybridized carbons (Fsp3) is 0.263. The molecule has 0 aliphatic rings. The van der Waals surface area contributed by atoms with Gasteiger partial charge in [0.1, 0.15) is 0 Å². The van der Waals surface area contributed by atoms with Crippen molar-refractivity contribution in [3.63, 3.8) is 0 Å². The molecule has 0 aliphatic heterocycles. The monoisotopic (exact) mass is 278 g/mol. The van der Waals surface area contributed by atoms with Crippen LogP contribution in [0.15, 0.2) is 48.5 Å². The number of aryl methyl sites for hydroxylation is 1. The van der Waals surface area contributed by atoms with E-state index in [-0.39, 0.29) is 0 Å². The third-order valence-electron chi connectivity index (χ3n) is 4.19. The van der Waals surface area contributed by atoms with E-state index in [1.807, 2.05) is 0 Å². The summed E-state index contributed by atoms with van der Waals surface area (Å²) in [5.41, 5.74) is 12.5. The Morgan fingerprint density at radius 1 is 1.00 bits per heavy atom. The molecule has 2 aromatic carbocycles. The van der Waals surface area contributed by atoms with Gasteiger partial charge in [0.05, 0.1) is 0 Å². The van der Waals surface area contributed by atoms with Gasteiger partial charge in [-0.1, -0.05) is 42.5 Å². The molecule has 0 unspecified atom stereocenters. The van der Waals surface area contributed by atoms with E-state index >= 15 is 0 Å². The Morgan fingerprint density at radius 3 is 2.48 bits per heavy atom. The van der Waals surface area contributed by atoms with Gasteiger partial charge in [0.2, 0.25) is 0 Å². The second-order valence-electron chi connectivity index (χ2n) is 5.69. The Kier molecular flexibility index (Phi) is 3.80. The van der Waals surface area contributed by atoms with Crippen LogP contribution in [0.3, 0.4) is 0 Å². The summed E-state index contributed by atoms with van der Waals surface area (Å²) in [5, 5.41) is 1.35. The third-order valence-corrected chi connectivity index (χ3v) is 4.19. The predicted molar refractivity (Wildman–Crippen MR) is 89.7 cm³/mol. The van der Waals surface area contributed by atoms with Gasteiger partial charge in [-0.15, -0.1) is 0 Å². The second-order valence-corrected chi connectivity index (χ2v) is 5.69. The van der Waals surface area contributed by atoms with Crippen LogP contribution in [-0.4, -0.2) is 11.1 Å². The Morgan fingerprint density at radius 2 is 1.76 bits per heavy atom. The first-order valence-electron chi connectivity index (χ1n) is 7.53. The van der Waals surface area contributed by atoms with Crippen molar-refractivity contribution in [1.82, 2.24) is 4.57 Å². The molecule has 3 aromatic rings. The second kappa shape index (κ2) is 5.74. The molecule has 108 valence electrons. The first-order chi connectivity index (χ1) is 10.2. The van der Waals surface area contributed by atoms with Gasteiger partial charge in [0, 0.05) is 23.1 Å². The van der Waals surface area contributed by atoms with Gasteiger partial charge in [-0.25, -0.2) is 0 Å². The van der Waals surface area contributed by atoms with Gasteiger partial charge >= 0.3 is 0 Å². The summed E-state index contributed by atoms with van der Waals surface area (Å²) in [6.45, 7) is 5.97. The van der Waals surface area contributed by atoms with Crippen molar-refractivity contribution in [1.29, 1.82) is 0 Å². The maximum Gasteiger partial charge on any atom is 0.0491 e. The average Bonchev–Trinajstić information content (AvgIpc) is 2.74. The zero-order valence-electron chi connectivity index (χ0n) is 12.8. The van der Waals surface area contributed by atoms with E-state index in [9.17, 15) is 0 Å². The number of rotatable bonds is 4. The van der Waals surface area contributed by atoms with Crippen molar-refractivity contribution >= 4 is 10.9 Å². The number of nitrogens with two attached hydrogens (primary N) is 1. The van der Waals surface area contributed by atoms with Crippen molar-refractivity contribution in [2.75, 3.05) is 6.54 Å². The molecule has 2 nitrogen and oxygen atoms in total. The van der Waals surface area contributed by atoms with Crippen LogP contribution in [-0.2, 0) is 13.0 Å². The molecule has 0 fully saturated rings. The molecule has 0 radical (unpaired) electrons. The first kappa shape index (κ1) is 13.9. The molecule has 2 heteroatoms. The molecule has 0 amide bonds. The summed E-state index contributed by atoms with van der Waals surface area (Å²) in [5.74, 6) is 0. The van der Waals surface area contributed by atoms with Crippen LogP contribution < -0.4 is 5.73 Å². The summed E-state index contributed by atoms with van der Waals surface area (Å²) in [4.78, 5) is 0.